The molecular formula is C14H17Cl2N3OS. The molecule has 4 nitrogen and oxygen atoms in total. The van der Waals surface area contributed by atoms with Crippen LogP contribution in [0.4, 0.5) is 0 Å². The van der Waals surface area contributed by atoms with Gasteiger partial charge in [0, 0.05) is 29.0 Å². The Kier molecular flexibility index (Phi) is 5.93. The van der Waals surface area contributed by atoms with Gasteiger partial charge in [0.05, 0.1) is 5.02 Å². The molecule has 21 heavy (non-hydrogen) atoms. The van der Waals surface area contributed by atoms with Crippen LogP contribution in [0.5, 0.6) is 0 Å². The molecule has 0 saturated carbocycles. The molecule has 114 valence electrons. The Labute approximate surface area is 138 Å². The maximum absolute atomic E-state index is 8.88. The molecule has 0 atom stereocenters. The fraction of sp³-hybridized carbons (Fsp3) is 0.429. The van der Waals surface area contributed by atoms with Gasteiger partial charge in [-0.25, -0.2) is 0 Å². The Hall–Kier alpha value is -0.750. The maximum Gasteiger partial charge on any atom is 0.191 e. The molecule has 0 fully saturated rings. The van der Waals surface area contributed by atoms with Crippen LogP contribution < -0.4 is 0 Å². The largest absolute Gasteiger partial charge is 0.396 e. The number of thioether (sulfide) groups is 1. The van der Waals surface area contributed by atoms with Crippen LogP contribution in [0.15, 0.2) is 23.4 Å². The van der Waals surface area contributed by atoms with E-state index in [1.807, 2.05) is 6.07 Å². The highest BCUT2D eigenvalue weighted by atomic mass is 35.5. The third kappa shape index (κ3) is 3.92. The van der Waals surface area contributed by atoms with E-state index in [1.165, 1.54) is 0 Å². The van der Waals surface area contributed by atoms with E-state index in [0.29, 0.717) is 10.0 Å². The summed E-state index contributed by atoms with van der Waals surface area (Å²) in [6.45, 7) is 4.33. The number of nitrogens with zero attached hydrogens (tertiary/aromatic N) is 3. The first kappa shape index (κ1) is 16.6. The Morgan fingerprint density at radius 2 is 2.05 bits per heavy atom. The van der Waals surface area contributed by atoms with Gasteiger partial charge in [-0.15, -0.1) is 10.2 Å². The molecule has 0 aliphatic carbocycles. The zero-order chi connectivity index (χ0) is 15.4. The number of aromatic nitrogens is 3. The van der Waals surface area contributed by atoms with E-state index >= 15 is 0 Å². The van der Waals surface area contributed by atoms with Crippen molar-refractivity contribution in [2.45, 2.75) is 31.5 Å². The van der Waals surface area contributed by atoms with Crippen LogP contribution in [0.1, 0.15) is 26.3 Å². The molecule has 2 rings (SSSR count). The van der Waals surface area contributed by atoms with Crippen LogP contribution in [0.2, 0.25) is 10.0 Å². The molecule has 0 amide bonds. The molecule has 0 aliphatic rings. The third-order valence-electron chi connectivity index (χ3n) is 2.89. The van der Waals surface area contributed by atoms with E-state index in [9.17, 15) is 0 Å². The van der Waals surface area contributed by atoms with Gasteiger partial charge in [-0.05, 0) is 38.5 Å². The molecule has 0 saturated heterocycles. The second kappa shape index (κ2) is 7.49. The van der Waals surface area contributed by atoms with Crippen molar-refractivity contribution in [3.05, 3.63) is 28.2 Å². The first-order valence-electron chi connectivity index (χ1n) is 6.68. The SMILES string of the molecule is CC(C)n1c(SCCCO)nnc1-c1ccc(Cl)cc1Cl. The van der Waals surface area contributed by atoms with E-state index in [1.54, 1.807) is 23.9 Å². The van der Waals surface area contributed by atoms with Gasteiger partial charge in [0.1, 0.15) is 0 Å². The fourth-order valence-electron chi connectivity index (χ4n) is 1.92. The van der Waals surface area contributed by atoms with Crippen molar-refractivity contribution in [2.24, 2.45) is 0 Å². The van der Waals surface area contributed by atoms with Gasteiger partial charge in [-0.3, -0.25) is 4.57 Å². The quantitative estimate of drug-likeness (QED) is 0.626. The lowest BCUT2D eigenvalue weighted by atomic mass is 10.2. The molecule has 0 radical (unpaired) electrons. The second-order valence-electron chi connectivity index (χ2n) is 4.82. The first-order chi connectivity index (χ1) is 10.0. The molecule has 1 aromatic carbocycles. The molecule has 1 heterocycles. The average molecular weight is 346 g/mol. The molecule has 0 unspecified atom stereocenters. The molecule has 1 N–H and O–H groups in total. The number of aliphatic hydroxyl groups is 1. The van der Waals surface area contributed by atoms with Gasteiger partial charge < -0.3 is 5.11 Å². The summed E-state index contributed by atoms with van der Waals surface area (Å²) >= 11 is 13.8. The van der Waals surface area contributed by atoms with Crippen LogP contribution in [-0.2, 0) is 0 Å². The molecule has 1 aromatic heterocycles. The minimum absolute atomic E-state index is 0.179. The normalized spacial score (nSPS) is 11.3. The van der Waals surface area contributed by atoms with E-state index in [-0.39, 0.29) is 12.6 Å². The highest BCUT2D eigenvalue weighted by molar-refractivity contribution is 7.99. The molecule has 0 bridgehead atoms. The topological polar surface area (TPSA) is 50.9 Å². The van der Waals surface area contributed by atoms with Crippen molar-refractivity contribution in [1.82, 2.24) is 14.8 Å². The standard InChI is InChI=1S/C14H17Cl2N3OS/c1-9(2)19-13(11-5-4-10(15)8-12(11)16)17-18-14(19)21-7-3-6-20/h4-5,8-9,20H,3,6-7H2,1-2H3. The van der Waals surface area contributed by atoms with Crippen molar-refractivity contribution >= 4 is 35.0 Å². The number of rotatable bonds is 6. The minimum Gasteiger partial charge on any atom is -0.396 e. The van der Waals surface area contributed by atoms with Gasteiger partial charge in [-0.1, -0.05) is 35.0 Å². The van der Waals surface area contributed by atoms with Crippen LogP contribution >= 0.6 is 35.0 Å². The number of halogens is 2. The minimum atomic E-state index is 0.179. The predicted octanol–water partition coefficient (Wildman–Crippen LogP) is 4.31. The van der Waals surface area contributed by atoms with Crippen molar-refractivity contribution < 1.29 is 5.11 Å². The summed E-state index contributed by atoms with van der Waals surface area (Å²) in [7, 11) is 0. The lowest BCUT2D eigenvalue weighted by Crippen LogP contribution is -2.05. The summed E-state index contributed by atoms with van der Waals surface area (Å²) in [4.78, 5) is 0. The summed E-state index contributed by atoms with van der Waals surface area (Å²) < 4.78 is 2.05. The highest BCUT2D eigenvalue weighted by Crippen LogP contribution is 2.33. The van der Waals surface area contributed by atoms with Crippen LogP contribution in [0.25, 0.3) is 11.4 Å². The molecule has 7 heteroatoms. The van der Waals surface area contributed by atoms with Gasteiger partial charge >= 0.3 is 0 Å². The van der Waals surface area contributed by atoms with Gasteiger partial charge in [0.25, 0.3) is 0 Å². The third-order valence-corrected chi connectivity index (χ3v) is 4.46. The van der Waals surface area contributed by atoms with Crippen LogP contribution in [-0.4, -0.2) is 32.2 Å². The molecular weight excluding hydrogens is 329 g/mol. The highest BCUT2D eigenvalue weighted by Gasteiger charge is 2.18. The van der Waals surface area contributed by atoms with E-state index in [2.05, 4.69) is 28.6 Å². The first-order valence-corrected chi connectivity index (χ1v) is 8.42. The molecule has 0 aliphatic heterocycles. The van der Waals surface area contributed by atoms with E-state index in [0.717, 1.165) is 28.7 Å². The van der Waals surface area contributed by atoms with E-state index in [4.69, 9.17) is 28.3 Å². The number of aliphatic hydroxyl groups excluding tert-OH is 1. The molecule has 2 aromatic rings. The summed E-state index contributed by atoms with van der Waals surface area (Å²) in [5, 5.41) is 19.4. The van der Waals surface area contributed by atoms with Crippen molar-refractivity contribution in [3.8, 4) is 11.4 Å². The Bertz CT molecular complexity index is 616. The lowest BCUT2D eigenvalue weighted by molar-refractivity contribution is 0.296. The predicted molar refractivity (Wildman–Crippen MR) is 88.3 cm³/mol. The Morgan fingerprint density at radius 1 is 1.29 bits per heavy atom. The summed E-state index contributed by atoms with van der Waals surface area (Å²) in [6, 6.07) is 5.56. The van der Waals surface area contributed by atoms with Gasteiger partial charge in [0.2, 0.25) is 0 Å². The number of hydrogen-bond donors (Lipinski definition) is 1. The summed E-state index contributed by atoms with van der Waals surface area (Å²) in [6.07, 6.45) is 0.729. The Morgan fingerprint density at radius 3 is 2.67 bits per heavy atom. The summed E-state index contributed by atoms with van der Waals surface area (Å²) in [5.74, 6) is 1.54. The number of benzene rings is 1. The van der Waals surface area contributed by atoms with Crippen molar-refractivity contribution in [3.63, 3.8) is 0 Å². The van der Waals surface area contributed by atoms with Crippen LogP contribution in [0, 0.1) is 0 Å². The van der Waals surface area contributed by atoms with Crippen molar-refractivity contribution in [1.29, 1.82) is 0 Å². The Balaban J connectivity index is 2.39. The second-order valence-corrected chi connectivity index (χ2v) is 6.73. The molecule has 0 spiro atoms. The smallest absolute Gasteiger partial charge is 0.191 e. The monoisotopic (exact) mass is 345 g/mol. The summed E-state index contributed by atoms with van der Waals surface area (Å²) in [5.41, 5.74) is 0.816. The van der Waals surface area contributed by atoms with Crippen LogP contribution in [0.3, 0.4) is 0 Å². The van der Waals surface area contributed by atoms with Gasteiger partial charge in [-0.2, -0.15) is 0 Å². The maximum atomic E-state index is 8.88. The lowest BCUT2D eigenvalue weighted by Gasteiger charge is -2.14. The number of hydrogen-bond acceptors (Lipinski definition) is 4. The zero-order valence-electron chi connectivity index (χ0n) is 11.9. The fourth-order valence-corrected chi connectivity index (χ4v) is 3.41. The van der Waals surface area contributed by atoms with Gasteiger partial charge in [0.15, 0.2) is 11.0 Å². The zero-order valence-corrected chi connectivity index (χ0v) is 14.2. The van der Waals surface area contributed by atoms with Crippen molar-refractivity contribution in [2.75, 3.05) is 12.4 Å². The van der Waals surface area contributed by atoms with E-state index < -0.39 is 0 Å². The average Bonchev–Trinajstić information content (AvgIpc) is 2.83.